The minimum atomic E-state index is 0.283. The molecule has 2 aromatic carbocycles. The van der Waals surface area contributed by atoms with Crippen LogP contribution >= 0.6 is 11.6 Å². The van der Waals surface area contributed by atoms with Crippen molar-refractivity contribution in [2.24, 2.45) is 0 Å². The van der Waals surface area contributed by atoms with Gasteiger partial charge in [-0.05, 0) is 55.0 Å². The first-order valence-corrected chi connectivity index (χ1v) is 10.7. The molecule has 0 saturated heterocycles. The third-order valence-electron chi connectivity index (χ3n) is 5.30. The molecular formula is C24H17ClN6O2. The first-order valence-electron chi connectivity index (χ1n) is 10.3. The van der Waals surface area contributed by atoms with E-state index in [4.69, 9.17) is 20.8 Å². The van der Waals surface area contributed by atoms with E-state index in [9.17, 15) is 0 Å². The summed E-state index contributed by atoms with van der Waals surface area (Å²) in [6, 6.07) is 19.0. The van der Waals surface area contributed by atoms with E-state index < -0.39 is 0 Å². The lowest BCUT2D eigenvalue weighted by molar-refractivity contribution is 0.270. The number of fused-ring (bicyclic) bond motifs is 3. The maximum Gasteiger partial charge on any atom is 0.217 e. The summed E-state index contributed by atoms with van der Waals surface area (Å²) in [6.45, 7) is 2.23. The topological polar surface area (TPSA) is 83.3 Å². The summed E-state index contributed by atoms with van der Waals surface area (Å²) in [5.41, 5.74) is 3.25. The fourth-order valence-electron chi connectivity index (χ4n) is 3.68. The third kappa shape index (κ3) is 3.50. The van der Waals surface area contributed by atoms with Gasteiger partial charge >= 0.3 is 0 Å². The normalized spacial score (nSPS) is 11.5. The predicted octanol–water partition coefficient (Wildman–Crippen LogP) is 5.26. The Bertz CT molecular complexity index is 1600. The molecule has 6 aromatic rings. The molecule has 0 radical (unpaired) electrons. The molecule has 8 nitrogen and oxygen atoms in total. The number of hydrogen-bond donors (Lipinski definition) is 0. The van der Waals surface area contributed by atoms with Gasteiger partial charge in [-0.1, -0.05) is 29.8 Å². The van der Waals surface area contributed by atoms with Crippen LogP contribution in [0.4, 0.5) is 0 Å². The molecule has 4 aromatic heterocycles. The zero-order valence-corrected chi connectivity index (χ0v) is 18.3. The Hall–Kier alpha value is -4.17. The lowest BCUT2D eigenvalue weighted by atomic mass is 10.2. The molecule has 162 valence electrons. The number of aryl methyl sites for hydroxylation is 1. The second-order valence-corrected chi connectivity index (χ2v) is 7.98. The van der Waals surface area contributed by atoms with Crippen LogP contribution < -0.4 is 4.74 Å². The number of aromatic nitrogens is 6. The van der Waals surface area contributed by atoms with E-state index in [1.165, 1.54) is 0 Å². The van der Waals surface area contributed by atoms with Crippen molar-refractivity contribution < 1.29 is 9.15 Å². The molecule has 0 N–H and O–H groups in total. The number of ether oxygens (including phenoxy) is 1. The molecule has 0 aliphatic carbocycles. The average molecular weight is 457 g/mol. The molecular weight excluding hydrogens is 440 g/mol. The summed E-state index contributed by atoms with van der Waals surface area (Å²) in [5, 5.41) is 10.5. The summed E-state index contributed by atoms with van der Waals surface area (Å²) in [7, 11) is 0. The highest BCUT2D eigenvalue weighted by molar-refractivity contribution is 6.30. The van der Waals surface area contributed by atoms with Crippen LogP contribution in [0.2, 0.25) is 5.02 Å². The summed E-state index contributed by atoms with van der Waals surface area (Å²) in [5.74, 6) is 2.44. The van der Waals surface area contributed by atoms with Crippen LogP contribution in [0.25, 0.3) is 34.0 Å². The number of hydrogen-bond acceptors (Lipinski definition) is 6. The Balaban J connectivity index is 1.29. The fraction of sp³-hybridized carbons (Fsp3) is 0.0833. The number of rotatable bonds is 5. The predicted molar refractivity (Wildman–Crippen MR) is 124 cm³/mol. The van der Waals surface area contributed by atoms with E-state index >= 15 is 0 Å². The van der Waals surface area contributed by atoms with Gasteiger partial charge < -0.3 is 9.15 Å². The highest BCUT2D eigenvalue weighted by Gasteiger charge is 2.16. The van der Waals surface area contributed by atoms with Crippen molar-refractivity contribution in [3.63, 3.8) is 0 Å². The summed E-state index contributed by atoms with van der Waals surface area (Å²) >= 11 is 6.01. The Labute approximate surface area is 193 Å². The van der Waals surface area contributed by atoms with Crippen LogP contribution in [0.1, 0.15) is 11.3 Å². The quantitative estimate of drug-likeness (QED) is 0.351. The van der Waals surface area contributed by atoms with Gasteiger partial charge in [-0.15, -0.1) is 5.10 Å². The first kappa shape index (κ1) is 19.5. The number of para-hydroxylation sites is 1. The molecule has 0 saturated carbocycles. The van der Waals surface area contributed by atoms with E-state index in [-0.39, 0.29) is 6.61 Å². The second-order valence-electron chi connectivity index (χ2n) is 7.54. The summed E-state index contributed by atoms with van der Waals surface area (Å²) in [4.78, 5) is 9.22. The summed E-state index contributed by atoms with van der Waals surface area (Å²) in [6.07, 6.45) is 3.38. The molecule has 9 heteroatoms. The van der Waals surface area contributed by atoms with Gasteiger partial charge in [-0.25, -0.2) is 19.2 Å². The standard InChI is InChI=1S/C24H17ClN6O2/c1-15-11-16(25)7-9-20(15)32-13-18-8-10-21(33-18)22-28-24-19-12-27-31(17-5-3-2-4-6-17)23(19)26-14-30(24)29-22/h2-12,14H,13H2,1H3. The van der Waals surface area contributed by atoms with Gasteiger partial charge in [0.15, 0.2) is 17.1 Å². The second kappa shape index (κ2) is 7.75. The number of benzene rings is 2. The monoisotopic (exact) mass is 456 g/mol. The molecule has 4 heterocycles. The Morgan fingerprint density at radius 1 is 1.03 bits per heavy atom. The fourth-order valence-corrected chi connectivity index (χ4v) is 3.91. The molecule has 0 spiro atoms. The van der Waals surface area contributed by atoms with Crippen molar-refractivity contribution >= 4 is 28.3 Å². The molecule has 0 amide bonds. The largest absolute Gasteiger partial charge is 0.485 e. The van der Waals surface area contributed by atoms with E-state index in [0.29, 0.717) is 33.7 Å². The highest BCUT2D eigenvalue weighted by atomic mass is 35.5. The van der Waals surface area contributed by atoms with Crippen molar-refractivity contribution in [2.75, 3.05) is 0 Å². The highest BCUT2D eigenvalue weighted by Crippen LogP contribution is 2.26. The van der Waals surface area contributed by atoms with E-state index in [2.05, 4.69) is 20.2 Å². The smallest absolute Gasteiger partial charge is 0.217 e. The van der Waals surface area contributed by atoms with Crippen molar-refractivity contribution in [3.8, 4) is 23.0 Å². The van der Waals surface area contributed by atoms with Gasteiger partial charge in [0.05, 0.1) is 17.3 Å². The van der Waals surface area contributed by atoms with Gasteiger partial charge in [0, 0.05) is 5.02 Å². The third-order valence-corrected chi connectivity index (χ3v) is 5.53. The van der Waals surface area contributed by atoms with Crippen LogP contribution in [-0.2, 0) is 6.61 Å². The van der Waals surface area contributed by atoms with Crippen molar-refractivity contribution in [2.45, 2.75) is 13.5 Å². The molecule has 33 heavy (non-hydrogen) atoms. The van der Waals surface area contributed by atoms with Crippen LogP contribution in [-0.4, -0.2) is 29.4 Å². The maximum atomic E-state index is 6.01. The SMILES string of the molecule is Cc1cc(Cl)ccc1OCc1ccc(-c2nc3c4cnn(-c5ccccc5)c4ncn3n2)o1. The lowest BCUT2D eigenvalue weighted by Crippen LogP contribution is -1.98. The Kier molecular flexibility index (Phi) is 4.58. The van der Waals surface area contributed by atoms with Crippen LogP contribution in [0.15, 0.2) is 77.6 Å². The van der Waals surface area contributed by atoms with E-state index in [0.717, 1.165) is 22.4 Å². The Morgan fingerprint density at radius 3 is 2.76 bits per heavy atom. The van der Waals surface area contributed by atoms with Crippen LogP contribution in [0.5, 0.6) is 5.75 Å². The van der Waals surface area contributed by atoms with Gasteiger partial charge in [-0.3, -0.25) is 0 Å². The maximum absolute atomic E-state index is 6.01. The molecule has 0 fully saturated rings. The van der Waals surface area contributed by atoms with E-state index in [1.54, 1.807) is 27.8 Å². The molecule has 0 atom stereocenters. The van der Waals surface area contributed by atoms with Gasteiger partial charge in [0.1, 0.15) is 24.4 Å². The van der Waals surface area contributed by atoms with Crippen molar-refractivity contribution in [1.29, 1.82) is 0 Å². The molecule has 0 aliphatic rings. The molecule has 0 unspecified atom stereocenters. The minimum Gasteiger partial charge on any atom is -0.485 e. The zero-order valence-electron chi connectivity index (χ0n) is 17.5. The van der Waals surface area contributed by atoms with Crippen LogP contribution in [0.3, 0.4) is 0 Å². The number of nitrogens with zero attached hydrogens (tertiary/aromatic N) is 6. The lowest BCUT2D eigenvalue weighted by Gasteiger charge is -2.07. The molecule has 6 rings (SSSR count). The van der Waals surface area contributed by atoms with Gasteiger partial charge in [0.25, 0.3) is 0 Å². The number of halogens is 1. The molecule has 0 bridgehead atoms. The number of furan rings is 1. The van der Waals surface area contributed by atoms with Gasteiger partial charge in [0.2, 0.25) is 5.82 Å². The molecule has 0 aliphatic heterocycles. The van der Waals surface area contributed by atoms with E-state index in [1.807, 2.05) is 61.5 Å². The first-order chi connectivity index (χ1) is 16.2. The van der Waals surface area contributed by atoms with Gasteiger partial charge in [-0.2, -0.15) is 5.10 Å². The average Bonchev–Trinajstić information content (AvgIpc) is 3.56. The summed E-state index contributed by atoms with van der Waals surface area (Å²) < 4.78 is 15.2. The van der Waals surface area contributed by atoms with Crippen LogP contribution in [0, 0.1) is 6.92 Å². The van der Waals surface area contributed by atoms with Crippen molar-refractivity contribution in [1.82, 2.24) is 29.4 Å². The Morgan fingerprint density at radius 2 is 1.91 bits per heavy atom. The zero-order chi connectivity index (χ0) is 22.4. The minimum absolute atomic E-state index is 0.283. The van der Waals surface area contributed by atoms with Crippen molar-refractivity contribution in [3.05, 3.63) is 89.5 Å².